The molecule has 0 aromatic heterocycles. The van der Waals surface area contributed by atoms with Crippen LogP contribution in [0.5, 0.6) is 0 Å². The minimum absolute atomic E-state index is 1.11. The molecule has 0 nitrogen and oxygen atoms in total. The van der Waals surface area contributed by atoms with Crippen molar-refractivity contribution < 1.29 is 0 Å². The quantitative estimate of drug-likeness (QED) is 0.352. The van der Waals surface area contributed by atoms with E-state index in [4.69, 9.17) is 0 Å². The molecule has 0 saturated heterocycles. The molecule has 0 fully saturated rings. The average Bonchev–Trinajstić information content (AvgIpc) is 2.54. The van der Waals surface area contributed by atoms with Crippen LogP contribution in [-0.4, -0.2) is 0 Å². The molecule has 0 N–H and O–H groups in total. The minimum atomic E-state index is 1.11. The molecule has 100 valence electrons. The second-order valence-corrected chi connectivity index (χ2v) is 6.15. The molecule has 4 aromatic rings. The third-order valence-corrected chi connectivity index (χ3v) is 4.40. The second kappa shape index (κ2) is 5.01. The molecule has 0 aliphatic carbocycles. The van der Waals surface area contributed by atoms with Crippen molar-refractivity contribution in [2.24, 2.45) is 0 Å². The Kier molecular flexibility index (Phi) is 3.01. The van der Waals surface area contributed by atoms with Crippen molar-refractivity contribution in [3.8, 4) is 11.1 Å². The van der Waals surface area contributed by atoms with Gasteiger partial charge in [0.1, 0.15) is 0 Å². The van der Waals surface area contributed by atoms with Crippen molar-refractivity contribution in [3.05, 3.63) is 83.3 Å². The van der Waals surface area contributed by atoms with Gasteiger partial charge >= 0.3 is 0 Å². The molecule has 0 bridgehead atoms. The molecule has 1 heteroatoms. The molecule has 0 atom stereocenters. The zero-order valence-electron chi connectivity index (χ0n) is 11.4. The van der Waals surface area contributed by atoms with Crippen LogP contribution in [0.25, 0.3) is 32.7 Å². The van der Waals surface area contributed by atoms with Crippen LogP contribution in [0.15, 0.2) is 83.3 Å². The van der Waals surface area contributed by atoms with Gasteiger partial charge in [-0.05, 0) is 50.9 Å². The number of halogens is 1. The SMILES string of the molecule is Brc1cccc(-c2ccc3c(ccc4ccccc43)c2)c1. The molecule has 4 aromatic carbocycles. The Morgan fingerprint density at radius 2 is 1.29 bits per heavy atom. The highest BCUT2D eigenvalue weighted by molar-refractivity contribution is 9.10. The van der Waals surface area contributed by atoms with Gasteiger partial charge in [0, 0.05) is 4.47 Å². The van der Waals surface area contributed by atoms with Crippen LogP contribution in [0.2, 0.25) is 0 Å². The van der Waals surface area contributed by atoms with Crippen LogP contribution in [0, 0.1) is 0 Å². The molecule has 4 rings (SSSR count). The lowest BCUT2D eigenvalue weighted by molar-refractivity contribution is 1.61. The number of rotatable bonds is 1. The molecule has 0 unspecified atom stereocenters. The summed E-state index contributed by atoms with van der Waals surface area (Å²) in [5, 5.41) is 5.20. The summed E-state index contributed by atoms with van der Waals surface area (Å²) >= 11 is 3.54. The largest absolute Gasteiger partial charge is 0.0616 e. The summed E-state index contributed by atoms with van der Waals surface area (Å²) in [5.41, 5.74) is 2.48. The van der Waals surface area contributed by atoms with Crippen molar-refractivity contribution in [1.29, 1.82) is 0 Å². The van der Waals surface area contributed by atoms with Crippen LogP contribution < -0.4 is 0 Å². The molecule has 0 saturated carbocycles. The fraction of sp³-hybridized carbons (Fsp3) is 0. The lowest BCUT2D eigenvalue weighted by Gasteiger charge is -2.07. The van der Waals surface area contributed by atoms with Crippen molar-refractivity contribution in [2.75, 3.05) is 0 Å². The Bertz CT molecular complexity index is 954. The normalized spacial score (nSPS) is 11.1. The van der Waals surface area contributed by atoms with Crippen molar-refractivity contribution in [1.82, 2.24) is 0 Å². The van der Waals surface area contributed by atoms with Crippen molar-refractivity contribution >= 4 is 37.5 Å². The maximum atomic E-state index is 3.54. The molecular formula is C20H13Br. The van der Waals surface area contributed by atoms with Crippen LogP contribution in [0.3, 0.4) is 0 Å². The van der Waals surface area contributed by atoms with E-state index in [9.17, 15) is 0 Å². The third kappa shape index (κ3) is 2.24. The van der Waals surface area contributed by atoms with Gasteiger partial charge in [0.05, 0.1) is 0 Å². The molecule has 0 aliphatic heterocycles. The Balaban J connectivity index is 1.97. The number of hydrogen-bond donors (Lipinski definition) is 0. The molecule has 0 amide bonds. The maximum Gasteiger partial charge on any atom is 0.0181 e. The summed E-state index contributed by atoms with van der Waals surface area (Å²) in [6.07, 6.45) is 0. The van der Waals surface area contributed by atoms with E-state index in [0.717, 1.165) is 4.47 Å². The van der Waals surface area contributed by atoms with Crippen LogP contribution >= 0.6 is 15.9 Å². The summed E-state index contributed by atoms with van der Waals surface area (Å²) in [5.74, 6) is 0. The van der Waals surface area contributed by atoms with Gasteiger partial charge in [-0.1, -0.05) is 76.6 Å². The number of benzene rings is 4. The lowest BCUT2D eigenvalue weighted by Crippen LogP contribution is -1.81. The van der Waals surface area contributed by atoms with E-state index in [-0.39, 0.29) is 0 Å². The van der Waals surface area contributed by atoms with Gasteiger partial charge < -0.3 is 0 Å². The van der Waals surface area contributed by atoms with E-state index in [2.05, 4.69) is 94.8 Å². The fourth-order valence-electron chi connectivity index (χ4n) is 2.86. The highest BCUT2D eigenvalue weighted by atomic mass is 79.9. The summed E-state index contributed by atoms with van der Waals surface area (Å²) in [6.45, 7) is 0. The summed E-state index contributed by atoms with van der Waals surface area (Å²) in [6, 6.07) is 28.1. The van der Waals surface area contributed by atoms with E-state index < -0.39 is 0 Å². The predicted molar refractivity (Wildman–Crippen MR) is 94.6 cm³/mol. The highest BCUT2D eigenvalue weighted by Gasteiger charge is 2.03. The Hall–Kier alpha value is -2.12. The second-order valence-electron chi connectivity index (χ2n) is 5.23. The number of fused-ring (bicyclic) bond motifs is 3. The highest BCUT2D eigenvalue weighted by Crippen LogP contribution is 2.30. The minimum Gasteiger partial charge on any atom is -0.0616 e. The molecule has 0 heterocycles. The van der Waals surface area contributed by atoms with E-state index in [1.54, 1.807) is 0 Å². The topological polar surface area (TPSA) is 0 Å². The maximum absolute atomic E-state index is 3.54. The first-order valence-corrected chi connectivity index (χ1v) is 7.78. The first-order chi connectivity index (χ1) is 10.3. The first-order valence-electron chi connectivity index (χ1n) is 6.99. The standard InChI is InChI=1S/C20H13Br/c21-18-6-3-5-15(13-18)16-10-11-20-17(12-16)9-8-14-4-1-2-7-19(14)20/h1-13H. The van der Waals surface area contributed by atoms with Crippen molar-refractivity contribution in [2.45, 2.75) is 0 Å². The van der Waals surface area contributed by atoms with Gasteiger partial charge in [-0.3, -0.25) is 0 Å². The van der Waals surface area contributed by atoms with Gasteiger partial charge in [0.2, 0.25) is 0 Å². The van der Waals surface area contributed by atoms with Crippen LogP contribution in [-0.2, 0) is 0 Å². The van der Waals surface area contributed by atoms with Gasteiger partial charge in [0.15, 0.2) is 0 Å². The van der Waals surface area contributed by atoms with Crippen LogP contribution in [0.4, 0.5) is 0 Å². The molecule has 0 spiro atoms. The summed E-state index contributed by atoms with van der Waals surface area (Å²) in [4.78, 5) is 0. The zero-order valence-corrected chi connectivity index (χ0v) is 13.0. The van der Waals surface area contributed by atoms with Gasteiger partial charge in [0.25, 0.3) is 0 Å². The van der Waals surface area contributed by atoms with E-state index >= 15 is 0 Å². The summed E-state index contributed by atoms with van der Waals surface area (Å²) < 4.78 is 1.11. The molecule has 0 radical (unpaired) electrons. The fourth-order valence-corrected chi connectivity index (χ4v) is 3.26. The molecule has 0 aliphatic rings. The predicted octanol–water partition coefficient (Wildman–Crippen LogP) is 6.42. The van der Waals surface area contributed by atoms with Crippen LogP contribution in [0.1, 0.15) is 0 Å². The van der Waals surface area contributed by atoms with Gasteiger partial charge in [-0.25, -0.2) is 0 Å². The van der Waals surface area contributed by atoms with E-state index in [1.807, 2.05) is 0 Å². The Morgan fingerprint density at radius 1 is 0.524 bits per heavy atom. The van der Waals surface area contributed by atoms with Gasteiger partial charge in [-0.2, -0.15) is 0 Å². The Labute approximate surface area is 132 Å². The smallest absolute Gasteiger partial charge is 0.0181 e. The molecule has 21 heavy (non-hydrogen) atoms. The lowest BCUT2D eigenvalue weighted by atomic mass is 9.97. The Morgan fingerprint density at radius 3 is 2.19 bits per heavy atom. The van der Waals surface area contributed by atoms with Crippen molar-refractivity contribution in [3.63, 3.8) is 0 Å². The zero-order chi connectivity index (χ0) is 14.2. The molecular weight excluding hydrogens is 320 g/mol. The first kappa shape index (κ1) is 12.6. The third-order valence-electron chi connectivity index (χ3n) is 3.90. The van der Waals surface area contributed by atoms with Gasteiger partial charge in [-0.15, -0.1) is 0 Å². The van der Waals surface area contributed by atoms with E-state index in [1.165, 1.54) is 32.7 Å². The average molecular weight is 333 g/mol. The van der Waals surface area contributed by atoms with E-state index in [0.29, 0.717) is 0 Å². The monoisotopic (exact) mass is 332 g/mol. The number of hydrogen-bond acceptors (Lipinski definition) is 0. The summed E-state index contributed by atoms with van der Waals surface area (Å²) in [7, 11) is 0.